The molecule has 0 aliphatic carbocycles. The van der Waals surface area contributed by atoms with Gasteiger partial charge in [-0.3, -0.25) is 4.79 Å². The number of piperidine rings is 1. The van der Waals surface area contributed by atoms with Crippen molar-refractivity contribution in [2.75, 3.05) is 23.3 Å². The lowest BCUT2D eigenvalue weighted by Crippen LogP contribution is -2.36. The number of rotatable bonds is 5. The SMILES string of the molecule is CC(N)CCC(=O)Nc1ccccc1N1CCC(O)CC1.Cl.Cl. The van der Waals surface area contributed by atoms with E-state index >= 15 is 0 Å². The fraction of sp³-hybridized carbons (Fsp3) is 0.562. The molecule has 1 unspecified atom stereocenters. The molecule has 1 aromatic carbocycles. The van der Waals surface area contributed by atoms with Crippen molar-refractivity contribution < 1.29 is 9.90 Å². The third-order valence-electron chi connectivity index (χ3n) is 3.81. The van der Waals surface area contributed by atoms with Gasteiger partial charge in [-0.05, 0) is 38.3 Å². The summed E-state index contributed by atoms with van der Waals surface area (Å²) in [5, 5.41) is 12.6. The Kier molecular flexibility index (Phi) is 10.2. The molecule has 132 valence electrons. The van der Waals surface area contributed by atoms with Crippen LogP contribution in [0, 0.1) is 0 Å². The summed E-state index contributed by atoms with van der Waals surface area (Å²) in [7, 11) is 0. The number of aliphatic hydroxyl groups is 1. The first-order valence-electron chi connectivity index (χ1n) is 7.63. The Bertz CT molecular complexity index is 478. The lowest BCUT2D eigenvalue weighted by Gasteiger charge is -2.32. The summed E-state index contributed by atoms with van der Waals surface area (Å²) < 4.78 is 0. The molecule has 0 radical (unpaired) electrons. The highest BCUT2D eigenvalue weighted by molar-refractivity contribution is 5.94. The van der Waals surface area contributed by atoms with Gasteiger partial charge in [0.2, 0.25) is 5.91 Å². The molecule has 1 saturated heterocycles. The average molecular weight is 364 g/mol. The van der Waals surface area contributed by atoms with E-state index in [9.17, 15) is 9.90 Å². The van der Waals surface area contributed by atoms with Crippen LogP contribution in [0.3, 0.4) is 0 Å². The van der Waals surface area contributed by atoms with Crippen molar-refractivity contribution in [2.45, 2.75) is 44.8 Å². The second kappa shape index (κ2) is 10.7. The molecule has 1 amide bonds. The number of anilines is 2. The standard InChI is InChI=1S/C16H25N3O2.2ClH/c1-12(17)6-7-16(21)18-14-4-2-3-5-15(14)19-10-8-13(20)9-11-19;;/h2-5,12-13,20H,6-11,17H2,1H3,(H,18,21);2*1H. The molecule has 1 fully saturated rings. The van der Waals surface area contributed by atoms with Crippen LogP contribution in [0.5, 0.6) is 0 Å². The van der Waals surface area contributed by atoms with E-state index in [0.29, 0.717) is 12.8 Å². The molecule has 0 aromatic heterocycles. The molecule has 0 saturated carbocycles. The van der Waals surface area contributed by atoms with Crippen molar-refractivity contribution in [3.05, 3.63) is 24.3 Å². The summed E-state index contributed by atoms with van der Waals surface area (Å²) in [4.78, 5) is 14.2. The highest BCUT2D eigenvalue weighted by atomic mass is 35.5. The van der Waals surface area contributed by atoms with Crippen molar-refractivity contribution in [1.29, 1.82) is 0 Å². The van der Waals surface area contributed by atoms with E-state index < -0.39 is 0 Å². The van der Waals surface area contributed by atoms with Crippen molar-refractivity contribution in [3.63, 3.8) is 0 Å². The predicted octanol–water partition coefficient (Wildman–Crippen LogP) is 2.56. The van der Waals surface area contributed by atoms with Crippen molar-refractivity contribution in [1.82, 2.24) is 0 Å². The van der Waals surface area contributed by atoms with Gasteiger partial charge in [-0.1, -0.05) is 12.1 Å². The van der Waals surface area contributed by atoms with Gasteiger partial charge in [0.25, 0.3) is 0 Å². The van der Waals surface area contributed by atoms with E-state index in [2.05, 4.69) is 10.2 Å². The predicted molar refractivity (Wildman–Crippen MR) is 99.9 cm³/mol. The number of carbonyl (C=O) groups excluding carboxylic acids is 1. The summed E-state index contributed by atoms with van der Waals surface area (Å²) in [6.45, 7) is 3.53. The van der Waals surface area contributed by atoms with Gasteiger partial charge in [-0.15, -0.1) is 24.8 Å². The van der Waals surface area contributed by atoms with Crippen LogP contribution < -0.4 is 16.0 Å². The molecule has 1 aromatic rings. The Balaban J connectivity index is 0.00000242. The van der Waals surface area contributed by atoms with E-state index in [1.54, 1.807) is 0 Å². The van der Waals surface area contributed by atoms with E-state index in [1.165, 1.54) is 0 Å². The maximum Gasteiger partial charge on any atom is 0.224 e. The number of nitrogens with one attached hydrogen (secondary N) is 1. The van der Waals surface area contributed by atoms with Gasteiger partial charge in [0.15, 0.2) is 0 Å². The van der Waals surface area contributed by atoms with Gasteiger partial charge in [0.1, 0.15) is 0 Å². The maximum atomic E-state index is 12.0. The fourth-order valence-electron chi connectivity index (χ4n) is 2.53. The number of nitrogens with two attached hydrogens (primary N) is 1. The summed E-state index contributed by atoms with van der Waals surface area (Å²) in [6, 6.07) is 7.86. The monoisotopic (exact) mass is 363 g/mol. The number of hydrogen-bond acceptors (Lipinski definition) is 4. The van der Waals surface area contributed by atoms with E-state index in [-0.39, 0.29) is 42.9 Å². The number of nitrogens with zero attached hydrogens (tertiary/aromatic N) is 1. The van der Waals surface area contributed by atoms with Gasteiger partial charge < -0.3 is 21.1 Å². The van der Waals surface area contributed by atoms with Crippen LogP contribution in [0.2, 0.25) is 0 Å². The van der Waals surface area contributed by atoms with Crippen LogP contribution >= 0.6 is 24.8 Å². The zero-order chi connectivity index (χ0) is 15.2. The van der Waals surface area contributed by atoms with E-state index in [1.807, 2.05) is 31.2 Å². The first-order chi connectivity index (χ1) is 10.1. The third-order valence-corrected chi connectivity index (χ3v) is 3.81. The van der Waals surface area contributed by atoms with Crippen LogP contribution in [0.25, 0.3) is 0 Å². The molecule has 1 heterocycles. The summed E-state index contributed by atoms with van der Waals surface area (Å²) >= 11 is 0. The smallest absolute Gasteiger partial charge is 0.224 e. The lowest BCUT2D eigenvalue weighted by atomic mass is 10.1. The van der Waals surface area contributed by atoms with Crippen molar-refractivity contribution >= 4 is 42.1 Å². The third kappa shape index (κ3) is 6.96. The lowest BCUT2D eigenvalue weighted by molar-refractivity contribution is -0.116. The van der Waals surface area contributed by atoms with Gasteiger partial charge in [-0.25, -0.2) is 0 Å². The van der Waals surface area contributed by atoms with E-state index in [0.717, 1.165) is 37.3 Å². The number of benzene rings is 1. The normalized spacial score (nSPS) is 16.0. The minimum atomic E-state index is -0.200. The molecule has 1 aliphatic heterocycles. The Hall–Kier alpha value is -1.01. The van der Waals surface area contributed by atoms with Crippen LogP contribution in [-0.2, 0) is 4.79 Å². The zero-order valence-electron chi connectivity index (χ0n) is 13.4. The zero-order valence-corrected chi connectivity index (χ0v) is 15.0. The summed E-state index contributed by atoms with van der Waals surface area (Å²) in [5.41, 5.74) is 7.55. The first kappa shape index (κ1) is 22.0. The minimum absolute atomic E-state index is 0. The molecular formula is C16H27Cl2N3O2. The molecule has 1 atom stereocenters. The van der Waals surface area contributed by atoms with Gasteiger partial charge in [-0.2, -0.15) is 0 Å². The highest BCUT2D eigenvalue weighted by Crippen LogP contribution is 2.28. The van der Waals surface area contributed by atoms with Gasteiger partial charge in [0.05, 0.1) is 17.5 Å². The molecule has 5 nitrogen and oxygen atoms in total. The molecule has 7 heteroatoms. The second-order valence-corrected chi connectivity index (χ2v) is 5.80. The van der Waals surface area contributed by atoms with E-state index in [4.69, 9.17) is 5.73 Å². The first-order valence-corrected chi connectivity index (χ1v) is 7.63. The van der Waals surface area contributed by atoms with Crippen LogP contribution in [0.15, 0.2) is 24.3 Å². The van der Waals surface area contributed by atoms with Crippen molar-refractivity contribution in [2.24, 2.45) is 5.73 Å². The fourth-order valence-corrected chi connectivity index (χ4v) is 2.53. The molecule has 23 heavy (non-hydrogen) atoms. The van der Waals surface area contributed by atoms with Gasteiger partial charge >= 0.3 is 0 Å². The molecule has 2 rings (SSSR count). The number of halogens is 2. The largest absolute Gasteiger partial charge is 0.393 e. The second-order valence-electron chi connectivity index (χ2n) is 5.80. The number of aliphatic hydroxyl groups excluding tert-OH is 1. The molecule has 0 bridgehead atoms. The quantitative estimate of drug-likeness (QED) is 0.750. The Morgan fingerprint density at radius 2 is 1.96 bits per heavy atom. The van der Waals surface area contributed by atoms with Gasteiger partial charge in [0, 0.05) is 25.6 Å². The molecule has 1 aliphatic rings. The topological polar surface area (TPSA) is 78.6 Å². The van der Waals surface area contributed by atoms with Crippen LogP contribution in [-0.4, -0.2) is 36.2 Å². The number of amides is 1. The Labute approximate surface area is 150 Å². The summed E-state index contributed by atoms with van der Waals surface area (Å²) in [5.74, 6) is -0.00297. The van der Waals surface area contributed by atoms with Crippen LogP contribution in [0.4, 0.5) is 11.4 Å². The van der Waals surface area contributed by atoms with Crippen LogP contribution in [0.1, 0.15) is 32.6 Å². The molecule has 4 N–H and O–H groups in total. The Morgan fingerprint density at radius 1 is 1.35 bits per heavy atom. The van der Waals surface area contributed by atoms with Crippen molar-refractivity contribution in [3.8, 4) is 0 Å². The Morgan fingerprint density at radius 3 is 2.57 bits per heavy atom. The number of para-hydroxylation sites is 2. The minimum Gasteiger partial charge on any atom is -0.393 e. The summed E-state index contributed by atoms with van der Waals surface area (Å²) in [6.07, 6.45) is 2.46. The molecule has 0 spiro atoms. The average Bonchev–Trinajstić information content (AvgIpc) is 2.47. The number of hydrogen-bond donors (Lipinski definition) is 3. The highest BCUT2D eigenvalue weighted by Gasteiger charge is 2.19. The molecular weight excluding hydrogens is 337 g/mol. The number of carbonyl (C=O) groups is 1. The maximum absolute atomic E-state index is 12.0.